The van der Waals surface area contributed by atoms with Crippen LogP contribution in [0.5, 0.6) is 5.75 Å². The smallest absolute Gasteiger partial charge is 0.120 e. The molecule has 1 aromatic carbocycles. The van der Waals surface area contributed by atoms with Gasteiger partial charge in [0, 0.05) is 26.2 Å². The average Bonchev–Trinajstić information content (AvgIpc) is 3.06. The van der Waals surface area contributed by atoms with E-state index >= 15 is 0 Å². The molecule has 0 amide bonds. The van der Waals surface area contributed by atoms with Crippen LogP contribution in [0.1, 0.15) is 36.8 Å². The van der Waals surface area contributed by atoms with E-state index in [2.05, 4.69) is 34.9 Å². The molecule has 4 rings (SSSR count). The summed E-state index contributed by atoms with van der Waals surface area (Å²) in [6.07, 6.45) is 5.51. The average molecular weight is 344 g/mol. The SMILES string of the molecule is Cc1cc(CN2CCCC2)cc(OC2CC(CN3CCOCC3)C2)c1. The van der Waals surface area contributed by atoms with Crippen LogP contribution in [-0.2, 0) is 11.3 Å². The Hall–Kier alpha value is -1.10. The van der Waals surface area contributed by atoms with Crippen LogP contribution in [0.25, 0.3) is 0 Å². The third kappa shape index (κ3) is 4.75. The summed E-state index contributed by atoms with van der Waals surface area (Å²) in [5.41, 5.74) is 2.72. The minimum absolute atomic E-state index is 0.410. The van der Waals surface area contributed by atoms with E-state index in [0.717, 1.165) is 44.5 Å². The van der Waals surface area contributed by atoms with Gasteiger partial charge >= 0.3 is 0 Å². The molecular formula is C21H32N2O2. The zero-order chi connectivity index (χ0) is 17.1. The van der Waals surface area contributed by atoms with E-state index in [9.17, 15) is 0 Å². The van der Waals surface area contributed by atoms with Gasteiger partial charge in [-0.25, -0.2) is 0 Å². The van der Waals surface area contributed by atoms with Crippen LogP contribution in [-0.4, -0.2) is 61.8 Å². The van der Waals surface area contributed by atoms with Crippen LogP contribution in [0.15, 0.2) is 18.2 Å². The molecule has 138 valence electrons. The maximum atomic E-state index is 6.29. The molecule has 4 nitrogen and oxygen atoms in total. The molecule has 3 aliphatic rings. The summed E-state index contributed by atoms with van der Waals surface area (Å²) in [6, 6.07) is 6.77. The molecule has 0 atom stereocenters. The lowest BCUT2D eigenvalue weighted by Crippen LogP contribution is -2.45. The van der Waals surface area contributed by atoms with Crippen LogP contribution in [0.3, 0.4) is 0 Å². The topological polar surface area (TPSA) is 24.9 Å². The molecule has 0 spiro atoms. The van der Waals surface area contributed by atoms with Gasteiger partial charge in [-0.3, -0.25) is 9.80 Å². The molecule has 1 saturated carbocycles. The molecule has 0 radical (unpaired) electrons. The molecular weight excluding hydrogens is 312 g/mol. The Morgan fingerprint density at radius 3 is 2.52 bits per heavy atom. The van der Waals surface area contributed by atoms with Crippen molar-refractivity contribution in [1.29, 1.82) is 0 Å². The van der Waals surface area contributed by atoms with Gasteiger partial charge in [0.25, 0.3) is 0 Å². The van der Waals surface area contributed by atoms with Crippen LogP contribution in [0.2, 0.25) is 0 Å². The van der Waals surface area contributed by atoms with Crippen LogP contribution >= 0.6 is 0 Å². The number of hydrogen-bond donors (Lipinski definition) is 0. The van der Waals surface area contributed by atoms with Gasteiger partial charge in [0.1, 0.15) is 5.75 Å². The van der Waals surface area contributed by atoms with Gasteiger partial charge < -0.3 is 9.47 Å². The summed E-state index contributed by atoms with van der Waals surface area (Å²) in [5, 5.41) is 0. The molecule has 1 aliphatic carbocycles. The number of aryl methyl sites for hydroxylation is 1. The van der Waals surface area contributed by atoms with Crippen molar-refractivity contribution in [2.75, 3.05) is 45.9 Å². The molecule has 0 aromatic heterocycles. The van der Waals surface area contributed by atoms with E-state index in [0.29, 0.717) is 6.10 Å². The van der Waals surface area contributed by atoms with Gasteiger partial charge in [-0.2, -0.15) is 0 Å². The lowest BCUT2D eigenvalue weighted by Gasteiger charge is -2.39. The first-order valence-corrected chi connectivity index (χ1v) is 10.0. The van der Waals surface area contributed by atoms with Crippen molar-refractivity contribution in [3.8, 4) is 5.75 Å². The van der Waals surface area contributed by atoms with Gasteiger partial charge in [0.05, 0.1) is 19.3 Å². The Labute approximate surface area is 152 Å². The predicted molar refractivity (Wildman–Crippen MR) is 100 cm³/mol. The normalized spacial score (nSPS) is 28.0. The Bertz CT molecular complexity index is 559. The Morgan fingerprint density at radius 1 is 1.00 bits per heavy atom. The number of benzene rings is 1. The van der Waals surface area contributed by atoms with Crippen molar-refractivity contribution < 1.29 is 9.47 Å². The molecule has 0 unspecified atom stereocenters. The highest BCUT2D eigenvalue weighted by molar-refractivity contribution is 5.34. The first-order chi connectivity index (χ1) is 12.2. The van der Waals surface area contributed by atoms with Gasteiger partial charge in [0.2, 0.25) is 0 Å². The minimum Gasteiger partial charge on any atom is -0.490 e. The zero-order valence-corrected chi connectivity index (χ0v) is 15.6. The van der Waals surface area contributed by atoms with E-state index in [1.54, 1.807) is 0 Å². The summed E-state index contributed by atoms with van der Waals surface area (Å²) in [4.78, 5) is 5.10. The predicted octanol–water partition coefficient (Wildman–Crippen LogP) is 3.08. The summed E-state index contributed by atoms with van der Waals surface area (Å²) in [7, 11) is 0. The standard InChI is InChI=1S/C21H32N2O2/c1-17-10-18(15-22-4-2-3-5-22)12-20(11-17)25-21-13-19(14-21)16-23-6-8-24-9-7-23/h10-12,19,21H,2-9,13-16H2,1H3. The summed E-state index contributed by atoms with van der Waals surface area (Å²) < 4.78 is 11.7. The quantitative estimate of drug-likeness (QED) is 0.792. The fourth-order valence-electron chi connectivity index (χ4n) is 4.44. The summed E-state index contributed by atoms with van der Waals surface area (Å²) >= 11 is 0. The monoisotopic (exact) mass is 344 g/mol. The summed E-state index contributed by atoms with van der Waals surface area (Å²) in [6.45, 7) is 11.0. The van der Waals surface area contributed by atoms with Crippen molar-refractivity contribution in [2.45, 2.75) is 45.3 Å². The van der Waals surface area contributed by atoms with E-state index in [1.165, 1.54) is 56.4 Å². The molecule has 25 heavy (non-hydrogen) atoms. The third-order valence-corrected chi connectivity index (χ3v) is 5.83. The van der Waals surface area contributed by atoms with E-state index < -0.39 is 0 Å². The lowest BCUT2D eigenvalue weighted by atomic mass is 9.81. The molecule has 1 aromatic rings. The Morgan fingerprint density at radius 2 is 1.76 bits per heavy atom. The Kier molecular flexibility index (Phi) is 5.59. The highest BCUT2D eigenvalue weighted by Crippen LogP contribution is 2.33. The largest absolute Gasteiger partial charge is 0.490 e. The van der Waals surface area contributed by atoms with Gasteiger partial charge in [-0.15, -0.1) is 0 Å². The van der Waals surface area contributed by atoms with Gasteiger partial charge in [0.15, 0.2) is 0 Å². The van der Waals surface area contributed by atoms with Crippen LogP contribution < -0.4 is 4.74 Å². The third-order valence-electron chi connectivity index (χ3n) is 5.83. The molecule has 2 saturated heterocycles. The summed E-state index contributed by atoms with van der Waals surface area (Å²) in [5.74, 6) is 1.88. The molecule has 2 heterocycles. The lowest BCUT2D eigenvalue weighted by molar-refractivity contribution is 0.000106. The van der Waals surface area contributed by atoms with Gasteiger partial charge in [-0.1, -0.05) is 6.07 Å². The van der Waals surface area contributed by atoms with E-state index in [4.69, 9.17) is 9.47 Å². The minimum atomic E-state index is 0.410. The number of hydrogen-bond acceptors (Lipinski definition) is 4. The zero-order valence-electron chi connectivity index (χ0n) is 15.6. The number of nitrogens with zero attached hydrogens (tertiary/aromatic N) is 2. The van der Waals surface area contributed by atoms with Crippen molar-refractivity contribution in [2.24, 2.45) is 5.92 Å². The fraction of sp³-hybridized carbons (Fsp3) is 0.714. The second kappa shape index (κ2) is 8.07. The van der Waals surface area contributed by atoms with Crippen LogP contribution in [0.4, 0.5) is 0 Å². The maximum Gasteiger partial charge on any atom is 0.120 e. The van der Waals surface area contributed by atoms with Gasteiger partial charge in [-0.05, 0) is 74.9 Å². The van der Waals surface area contributed by atoms with Crippen molar-refractivity contribution >= 4 is 0 Å². The van der Waals surface area contributed by atoms with Crippen molar-refractivity contribution in [3.05, 3.63) is 29.3 Å². The highest BCUT2D eigenvalue weighted by atomic mass is 16.5. The van der Waals surface area contributed by atoms with Crippen molar-refractivity contribution in [1.82, 2.24) is 9.80 Å². The number of likely N-dealkylation sites (tertiary alicyclic amines) is 1. The second-order valence-electron chi connectivity index (χ2n) is 8.13. The number of rotatable bonds is 6. The van der Waals surface area contributed by atoms with E-state index in [1.807, 2.05) is 0 Å². The number of ether oxygens (including phenoxy) is 2. The second-order valence-corrected chi connectivity index (χ2v) is 8.13. The first-order valence-electron chi connectivity index (χ1n) is 10.0. The number of morpholine rings is 1. The molecule has 4 heteroatoms. The fourth-order valence-corrected chi connectivity index (χ4v) is 4.44. The maximum absolute atomic E-state index is 6.29. The highest BCUT2D eigenvalue weighted by Gasteiger charge is 2.32. The van der Waals surface area contributed by atoms with E-state index in [-0.39, 0.29) is 0 Å². The van der Waals surface area contributed by atoms with Crippen LogP contribution in [0, 0.1) is 12.8 Å². The molecule has 2 aliphatic heterocycles. The molecule has 0 bridgehead atoms. The molecule has 3 fully saturated rings. The Balaban J connectivity index is 1.26. The molecule has 0 N–H and O–H groups in total. The van der Waals surface area contributed by atoms with Crippen molar-refractivity contribution in [3.63, 3.8) is 0 Å². The first kappa shape index (κ1) is 17.3.